The van der Waals surface area contributed by atoms with Crippen LogP contribution < -0.4 is 4.72 Å². The summed E-state index contributed by atoms with van der Waals surface area (Å²) in [7, 11) is -3.63. The number of aromatic nitrogens is 1. The van der Waals surface area contributed by atoms with Gasteiger partial charge in [-0.05, 0) is 57.0 Å². The summed E-state index contributed by atoms with van der Waals surface area (Å²) in [5, 5.41) is 0.963. The molecule has 0 spiro atoms. The van der Waals surface area contributed by atoms with Crippen molar-refractivity contribution in [3.05, 3.63) is 52.0 Å². The van der Waals surface area contributed by atoms with Crippen LogP contribution in [0.1, 0.15) is 21.7 Å². The van der Waals surface area contributed by atoms with Crippen molar-refractivity contribution in [3.8, 4) is 0 Å². The number of hydrogen-bond donors (Lipinski definition) is 1. The first-order valence-electron chi connectivity index (χ1n) is 7.24. The molecule has 23 heavy (non-hydrogen) atoms. The topological polar surface area (TPSA) is 59.1 Å². The van der Waals surface area contributed by atoms with Gasteiger partial charge in [0.15, 0.2) is 0 Å². The van der Waals surface area contributed by atoms with Crippen molar-refractivity contribution in [1.29, 1.82) is 0 Å². The van der Waals surface area contributed by atoms with E-state index in [4.69, 9.17) is 0 Å². The summed E-state index contributed by atoms with van der Waals surface area (Å²) in [6.45, 7) is 7.54. The van der Waals surface area contributed by atoms with Gasteiger partial charge < -0.3 is 0 Å². The smallest absolute Gasteiger partial charge is 0.262 e. The lowest BCUT2D eigenvalue weighted by Crippen LogP contribution is -2.15. The average molecular weight is 346 g/mol. The van der Waals surface area contributed by atoms with Crippen molar-refractivity contribution in [2.45, 2.75) is 32.6 Å². The molecule has 2 aromatic carbocycles. The predicted octanol–water partition coefficient (Wildman–Crippen LogP) is 4.33. The van der Waals surface area contributed by atoms with E-state index < -0.39 is 10.0 Å². The molecule has 0 saturated carbocycles. The molecule has 0 aliphatic rings. The molecule has 0 aliphatic heterocycles. The number of rotatable bonds is 3. The summed E-state index contributed by atoms with van der Waals surface area (Å²) in [4.78, 5) is 4.75. The molecule has 1 heterocycles. The second-order valence-electron chi connectivity index (χ2n) is 5.75. The van der Waals surface area contributed by atoms with Crippen molar-refractivity contribution in [1.82, 2.24) is 4.98 Å². The van der Waals surface area contributed by atoms with Gasteiger partial charge in [-0.25, -0.2) is 13.4 Å². The lowest BCUT2D eigenvalue weighted by atomic mass is 10.1. The maximum Gasteiger partial charge on any atom is 0.262 e. The molecule has 0 radical (unpaired) electrons. The molecule has 0 amide bonds. The summed E-state index contributed by atoms with van der Waals surface area (Å²) < 4.78 is 29.3. The van der Waals surface area contributed by atoms with Gasteiger partial charge >= 0.3 is 0 Å². The van der Waals surface area contributed by atoms with Crippen LogP contribution >= 0.6 is 11.3 Å². The molecular weight excluding hydrogens is 328 g/mol. The predicted molar refractivity (Wildman–Crippen MR) is 95.8 cm³/mol. The van der Waals surface area contributed by atoms with E-state index >= 15 is 0 Å². The molecule has 0 fully saturated rings. The molecular formula is C17H18N2O2S2. The van der Waals surface area contributed by atoms with E-state index in [1.54, 1.807) is 23.5 Å². The van der Waals surface area contributed by atoms with Gasteiger partial charge in [-0.1, -0.05) is 17.7 Å². The number of aryl methyl sites for hydroxylation is 4. The standard InChI is InChI=1S/C17H18N2O2S2/c1-10-7-11(2)17(12(3)8-10)23(20,21)19-14-5-6-16-15(9-14)18-13(4)22-16/h5-9,19H,1-4H3. The Labute approximate surface area is 140 Å². The Morgan fingerprint density at radius 1 is 1.00 bits per heavy atom. The summed E-state index contributed by atoms with van der Waals surface area (Å²) in [5.41, 5.74) is 3.90. The molecule has 1 aromatic heterocycles. The van der Waals surface area contributed by atoms with Crippen molar-refractivity contribution in [2.24, 2.45) is 0 Å². The summed E-state index contributed by atoms with van der Waals surface area (Å²) >= 11 is 1.59. The first-order chi connectivity index (χ1) is 10.8. The third-order valence-electron chi connectivity index (χ3n) is 3.62. The molecule has 0 saturated heterocycles. The molecule has 0 bridgehead atoms. The zero-order chi connectivity index (χ0) is 16.8. The molecule has 3 aromatic rings. The van der Waals surface area contributed by atoms with Crippen molar-refractivity contribution < 1.29 is 8.42 Å². The van der Waals surface area contributed by atoms with Crippen LogP contribution in [0, 0.1) is 27.7 Å². The van der Waals surface area contributed by atoms with Gasteiger partial charge in [0.25, 0.3) is 10.0 Å². The quantitative estimate of drug-likeness (QED) is 0.768. The third kappa shape index (κ3) is 3.09. The Balaban J connectivity index is 2.03. The van der Waals surface area contributed by atoms with Gasteiger partial charge in [-0.3, -0.25) is 4.72 Å². The van der Waals surface area contributed by atoms with E-state index in [-0.39, 0.29) is 0 Å². The fraction of sp³-hybridized carbons (Fsp3) is 0.235. The van der Waals surface area contributed by atoms with Crippen LogP contribution in [0.4, 0.5) is 5.69 Å². The molecule has 1 N–H and O–H groups in total. The molecule has 6 heteroatoms. The highest BCUT2D eigenvalue weighted by molar-refractivity contribution is 7.92. The second-order valence-corrected chi connectivity index (χ2v) is 8.60. The van der Waals surface area contributed by atoms with Gasteiger partial charge in [0, 0.05) is 0 Å². The molecule has 0 aliphatic carbocycles. The van der Waals surface area contributed by atoms with Gasteiger partial charge in [0.2, 0.25) is 0 Å². The fourth-order valence-electron chi connectivity index (χ4n) is 2.90. The van der Waals surface area contributed by atoms with Crippen molar-refractivity contribution in [2.75, 3.05) is 4.72 Å². The van der Waals surface area contributed by atoms with Crippen LogP contribution in [0.25, 0.3) is 10.2 Å². The lowest BCUT2D eigenvalue weighted by Gasteiger charge is -2.14. The van der Waals surface area contributed by atoms with E-state index in [0.29, 0.717) is 10.6 Å². The molecule has 4 nitrogen and oxygen atoms in total. The van der Waals surface area contributed by atoms with Crippen LogP contribution in [-0.2, 0) is 10.0 Å². The van der Waals surface area contributed by atoms with Crippen molar-refractivity contribution >= 4 is 37.3 Å². The van der Waals surface area contributed by atoms with Crippen LogP contribution in [-0.4, -0.2) is 13.4 Å². The van der Waals surface area contributed by atoms with Gasteiger partial charge in [-0.15, -0.1) is 11.3 Å². The van der Waals surface area contributed by atoms with E-state index in [1.165, 1.54) is 0 Å². The highest BCUT2D eigenvalue weighted by atomic mass is 32.2. The molecule has 0 atom stereocenters. The maximum atomic E-state index is 12.8. The monoisotopic (exact) mass is 346 g/mol. The third-order valence-corrected chi connectivity index (χ3v) is 6.26. The minimum atomic E-state index is -3.63. The van der Waals surface area contributed by atoms with Crippen molar-refractivity contribution in [3.63, 3.8) is 0 Å². The Hall–Kier alpha value is -1.92. The maximum absolute atomic E-state index is 12.8. The highest BCUT2D eigenvalue weighted by Gasteiger charge is 2.20. The number of benzene rings is 2. The van der Waals surface area contributed by atoms with Gasteiger partial charge in [0.05, 0.1) is 25.8 Å². The minimum absolute atomic E-state index is 0.345. The number of hydrogen-bond acceptors (Lipinski definition) is 4. The van der Waals surface area contributed by atoms with E-state index in [9.17, 15) is 8.42 Å². The number of thiazole rings is 1. The first kappa shape index (κ1) is 16.0. The summed E-state index contributed by atoms with van der Waals surface area (Å²) in [5.74, 6) is 0. The Bertz CT molecular complexity index is 982. The normalized spacial score (nSPS) is 11.8. The zero-order valence-electron chi connectivity index (χ0n) is 13.5. The number of nitrogens with zero attached hydrogens (tertiary/aromatic N) is 1. The van der Waals surface area contributed by atoms with Crippen LogP contribution in [0.2, 0.25) is 0 Å². The number of anilines is 1. The van der Waals surface area contributed by atoms with E-state index in [1.807, 2.05) is 45.9 Å². The van der Waals surface area contributed by atoms with Crippen LogP contribution in [0.5, 0.6) is 0 Å². The van der Waals surface area contributed by atoms with Gasteiger partial charge in [-0.2, -0.15) is 0 Å². The minimum Gasteiger partial charge on any atom is -0.280 e. The Kier molecular flexibility index (Phi) is 3.90. The largest absolute Gasteiger partial charge is 0.280 e. The van der Waals surface area contributed by atoms with Crippen LogP contribution in [0.15, 0.2) is 35.2 Å². The highest BCUT2D eigenvalue weighted by Crippen LogP contribution is 2.28. The first-order valence-corrected chi connectivity index (χ1v) is 9.54. The molecule has 120 valence electrons. The summed E-state index contributed by atoms with van der Waals surface area (Å²) in [6, 6.07) is 9.21. The number of nitrogens with one attached hydrogen (secondary N) is 1. The number of sulfonamides is 1. The lowest BCUT2D eigenvalue weighted by molar-refractivity contribution is 0.600. The molecule has 0 unspecified atom stereocenters. The van der Waals surface area contributed by atoms with Gasteiger partial charge in [0.1, 0.15) is 0 Å². The Morgan fingerprint density at radius 2 is 1.65 bits per heavy atom. The second kappa shape index (κ2) is 5.62. The van der Waals surface area contributed by atoms with E-state index in [0.717, 1.165) is 31.9 Å². The zero-order valence-corrected chi connectivity index (χ0v) is 15.1. The summed E-state index contributed by atoms with van der Waals surface area (Å²) in [6.07, 6.45) is 0. The van der Waals surface area contributed by atoms with Crippen LogP contribution in [0.3, 0.4) is 0 Å². The molecule has 3 rings (SSSR count). The number of fused-ring (bicyclic) bond motifs is 1. The SMILES string of the molecule is Cc1cc(C)c(S(=O)(=O)Nc2ccc3sc(C)nc3c2)c(C)c1. The van der Waals surface area contributed by atoms with E-state index in [2.05, 4.69) is 9.71 Å². The fourth-order valence-corrected chi connectivity index (χ4v) is 5.22. The average Bonchev–Trinajstić information content (AvgIpc) is 2.75. The Morgan fingerprint density at radius 3 is 2.30 bits per heavy atom.